The highest BCUT2D eigenvalue weighted by molar-refractivity contribution is 5.81. The van der Waals surface area contributed by atoms with Crippen LogP contribution in [0.15, 0.2) is 18.2 Å². The number of amides is 1. The summed E-state index contributed by atoms with van der Waals surface area (Å²) in [5, 5.41) is 14.1. The summed E-state index contributed by atoms with van der Waals surface area (Å²) in [5.41, 5.74) is 0.468. The molecule has 1 aromatic carbocycles. The molecule has 1 atom stereocenters. The van der Waals surface area contributed by atoms with Crippen LogP contribution in [0, 0.1) is 17.1 Å². The lowest BCUT2D eigenvalue weighted by Gasteiger charge is -2.12. The molecule has 5 heteroatoms. The van der Waals surface area contributed by atoms with E-state index < -0.39 is 5.82 Å². The van der Waals surface area contributed by atoms with Gasteiger partial charge in [-0.3, -0.25) is 4.79 Å². The van der Waals surface area contributed by atoms with Crippen LogP contribution in [0.3, 0.4) is 0 Å². The van der Waals surface area contributed by atoms with E-state index >= 15 is 0 Å². The first-order valence-electron chi connectivity index (χ1n) is 5.79. The number of nitrogens with zero attached hydrogens (tertiary/aromatic N) is 1. The molecule has 1 amide bonds. The van der Waals surface area contributed by atoms with Crippen molar-refractivity contribution < 1.29 is 9.18 Å². The molecule has 0 heterocycles. The Kier molecular flexibility index (Phi) is 5.12. The minimum atomic E-state index is -0.537. The van der Waals surface area contributed by atoms with Crippen LogP contribution in [-0.4, -0.2) is 18.5 Å². The van der Waals surface area contributed by atoms with E-state index in [4.69, 9.17) is 5.26 Å². The number of benzene rings is 1. The molecule has 0 aliphatic carbocycles. The molecule has 1 aromatic rings. The van der Waals surface area contributed by atoms with Crippen molar-refractivity contribution in [3.63, 3.8) is 0 Å². The van der Waals surface area contributed by atoms with E-state index in [0.29, 0.717) is 0 Å². The third-order valence-electron chi connectivity index (χ3n) is 2.56. The first kappa shape index (κ1) is 14.0. The molecule has 0 bridgehead atoms. The predicted molar refractivity (Wildman–Crippen MR) is 67.5 cm³/mol. The van der Waals surface area contributed by atoms with Crippen molar-refractivity contribution in [3.05, 3.63) is 29.6 Å². The molecule has 1 rings (SSSR count). The van der Waals surface area contributed by atoms with Crippen molar-refractivity contribution in [3.8, 4) is 6.07 Å². The van der Waals surface area contributed by atoms with Gasteiger partial charge in [-0.05, 0) is 31.5 Å². The highest BCUT2D eigenvalue weighted by Crippen LogP contribution is 2.14. The standard InChI is InChI=1S/C13H16FN3O/c1-3-9(2)17-13(18)8-16-12-5-4-10(7-15)6-11(12)14/h4-6,9,16H,3,8H2,1-2H3,(H,17,18)/t9-/m1/s1. The lowest BCUT2D eigenvalue weighted by molar-refractivity contribution is -0.120. The fraction of sp³-hybridized carbons (Fsp3) is 0.385. The fourth-order valence-electron chi connectivity index (χ4n) is 1.33. The second-order valence-electron chi connectivity index (χ2n) is 4.04. The zero-order valence-electron chi connectivity index (χ0n) is 10.5. The molecular formula is C13H16FN3O. The van der Waals surface area contributed by atoms with Crippen LogP contribution in [0.5, 0.6) is 0 Å². The second kappa shape index (κ2) is 6.60. The first-order chi connectivity index (χ1) is 8.56. The Hall–Kier alpha value is -2.09. The van der Waals surface area contributed by atoms with Crippen molar-refractivity contribution in [2.24, 2.45) is 0 Å². The summed E-state index contributed by atoms with van der Waals surface area (Å²) in [4.78, 5) is 11.5. The monoisotopic (exact) mass is 249 g/mol. The summed E-state index contributed by atoms with van der Waals surface area (Å²) < 4.78 is 13.5. The Balaban J connectivity index is 2.54. The van der Waals surface area contributed by atoms with Crippen LogP contribution in [0.4, 0.5) is 10.1 Å². The van der Waals surface area contributed by atoms with Gasteiger partial charge in [0.1, 0.15) is 5.82 Å². The highest BCUT2D eigenvalue weighted by atomic mass is 19.1. The first-order valence-corrected chi connectivity index (χ1v) is 5.79. The maximum absolute atomic E-state index is 13.5. The number of nitrogens with one attached hydrogen (secondary N) is 2. The number of nitriles is 1. The summed E-state index contributed by atoms with van der Waals surface area (Å²) in [6, 6.07) is 6.03. The maximum atomic E-state index is 13.5. The predicted octanol–water partition coefficient (Wildman–Crippen LogP) is 2.02. The molecule has 0 unspecified atom stereocenters. The number of carbonyl (C=O) groups is 1. The van der Waals surface area contributed by atoms with Crippen molar-refractivity contribution in [1.82, 2.24) is 5.32 Å². The summed E-state index contributed by atoms with van der Waals surface area (Å²) >= 11 is 0. The largest absolute Gasteiger partial charge is 0.374 e. The Labute approximate surface area is 106 Å². The average molecular weight is 249 g/mol. The van der Waals surface area contributed by atoms with Crippen LogP contribution in [-0.2, 0) is 4.79 Å². The van der Waals surface area contributed by atoms with Gasteiger partial charge in [0.15, 0.2) is 0 Å². The molecule has 0 fully saturated rings. The summed E-state index contributed by atoms with van der Waals surface area (Å²) in [6.45, 7) is 3.88. The second-order valence-corrected chi connectivity index (χ2v) is 4.04. The average Bonchev–Trinajstić information content (AvgIpc) is 2.36. The molecule has 0 aliphatic heterocycles. The fourth-order valence-corrected chi connectivity index (χ4v) is 1.33. The highest BCUT2D eigenvalue weighted by Gasteiger charge is 2.07. The summed E-state index contributed by atoms with van der Waals surface area (Å²) in [5.74, 6) is -0.724. The van der Waals surface area contributed by atoms with E-state index in [1.165, 1.54) is 12.1 Å². The van der Waals surface area contributed by atoms with E-state index in [9.17, 15) is 9.18 Å². The van der Waals surface area contributed by atoms with Gasteiger partial charge in [-0.25, -0.2) is 4.39 Å². The molecule has 0 saturated heterocycles. The van der Waals surface area contributed by atoms with Crippen LogP contribution in [0.1, 0.15) is 25.8 Å². The number of rotatable bonds is 5. The van der Waals surface area contributed by atoms with Gasteiger partial charge in [0, 0.05) is 6.04 Å². The van der Waals surface area contributed by atoms with Gasteiger partial charge >= 0.3 is 0 Å². The van der Waals surface area contributed by atoms with Crippen LogP contribution < -0.4 is 10.6 Å². The lowest BCUT2D eigenvalue weighted by Crippen LogP contribution is -2.36. The smallest absolute Gasteiger partial charge is 0.239 e. The van der Waals surface area contributed by atoms with Gasteiger partial charge in [-0.2, -0.15) is 5.26 Å². The van der Waals surface area contributed by atoms with Crippen LogP contribution in [0.25, 0.3) is 0 Å². The van der Waals surface area contributed by atoms with Gasteiger partial charge in [0.25, 0.3) is 0 Å². The van der Waals surface area contributed by atoms with E-state index in [1.54, 1.807) is 0 Å². The summed E-state index contributed by atoms with van der Waals surface area (Å²) in [7, 11) is 0. The molecule has 0 aliphatic rings. The SMILES string of the molecule is CC[C@@H](C)NC(=O)CNc1ccc(C#N)cc1F. The molecule has 18 heavy (non-hydrogen) atoms. The van der Waals surface area contributed by atoms with E-state index in [1.807, 2.05) is 19.9 Å². The number of hydrogen-bond acceptors (Lipinski definition) is 3. The molecular weight excluding hydrogens is 233 g/mol. The number of halogens is 1. The Morgan fingerprint density at radius 2 is 2.28 bits per heavy atom. The van der Waals surface area contributed by atoms with Crippen molar-refractivity contribution in [1.29, 1.82) is 5.26 Å². The van der Waals surface area contributed by atoms with Gasteiger partial charge < -0.3 is 10.6 Å². The van der Waals surface area contributed by atoms with Crippen molar-refractivity contribution in [2.75, 3.05) is 11.9 Å². The molecule has 0 aromatic heterocycles. The maximum Gasteiger partial charge on any atom is 0.239 e. The zero-order valence-corrected chi connectivity index (χ0v) is 10.5. The molecule has 0 radical (unpaired) electrons. The minimum Gasteiger partial charge on any atom is -0.374 e. The van der Waals surface area contributed by atoms with Crippen molar-refractivity contribution >= 4 is 11.6 Å². The lowest BCUT2D eigenvalue weighted by atomic mass is 10.2. The minimum absolute atomic E-state index is 0.00710. The molecule has 96 valence electrons. The van der Waals surface area contributed by atoms with Gasteiger partial charge in [0.05, 0.1) is 23.9 Å². The number of carbonyl (C=O) groups excluding carboxylic acids is 1. The summed E-state index contributed by atoms with van der Waals surface area (Å²) in [6.07, 6.45) is 0.844. The molecule has 0 spiro atoms. The Bertz CT molecular complexity index is 468. The van der Waals surface area contributed by atoms with Gasteiger partial charge in [-0.1, -0.05) is 6.92 Å². The third kappa shape index (κ3) is 4.06. The Morgan fingerprint density at radius 3 is 2.83 bits per heavy atom. The van der Waals surface area contributed by atoms with Crippen LogP contribution >= 0.6 is 0 Å². The molecule has 2 N–H and O–H groups in total. The molecule has 0 saturated carbocycles. The van der Waals surface area contributed by atoms with E-state index in [0.717, 1.165) is 12.5 Å². The van der Waals surface area contributed by atoms with E-state index in [2.05, 4.69) is 10.6 Å². The Morgan fingerprint density at radius 1 is 1.56 bits per heavy atom. The van der Waals surface area contributed by atoms with Gasteiger partial charge in [0.2, 0.25) is 5.91 Å². The quantitative estimate of drug-likeness (QED) is 0.839. The van der Waals surface area contributed by atoms with Crippen LogP contribution in [0.2, 0.25) is 0 Å². The normalized spacial score (nSPS) is 11.4. The van der Waals surface area contributed by atoms with Crippen molar-refractivity contribution in [2.45, 2.75) is 26.3 Å². The van der Waals surface area contributed by atoms with E-state index in [-0.39, 0.29) is 29.7 Å². The topological polar surface area (TPSA) is 64.9 Å². The number of anilines is 1. The third-order valence-corrected chi connectivity index (χ3v) is 2.56. The zero-order chi connectivity index (χ0) is 13.5. The van der Waals surface area contributed by atoms with Gasteiger partial charge in [-0.15, -0.1) is 0 Å². The number of hydrogen-bond donors (Lipinski definition) is 2. The molecule has 4 nitrogen and oxygen atoms in total.